The molecule has 0 radical (unpaired) electrons. The normalized spacial score (nSPS) is 19.7. The quantitative estimate of drug-likeness (QED) is 0.146. The summed E-state index contributed by atoms with van der Waals surface area (Å²) in [5, 5.41) is 11.0. The Hall–Kier alpha value is -5.10. The van der Waals surface area contributed by atoms with Gasteiger partial charge in [-0.15, -0.1) is 0 Å². The van der Waals surface area contributed by atoms with Crippen molar-refractivity contribution in [2.24, 2.45) is 0 Å². The topological polar surface area (TPSA) is 169 Å². The van der Waals surface area contributed by atoms with Gasteiger partial charge in [0.2, 0.25) is 0 Å². The first-order chi connectivity index (χ1) is 23.8. The van der Waals surface area contributed by atoms with Gasteiger partial charge in [0.05, 0.1) is 23.4 Å². The van der Waals surface area contributed by atoms with Crippen LogP contribution in [0.25, 0.3) is 22.4 Å². The monoisotopic (exact) mass is 724 g/mol. The van der Waals surface area contributed by atoms with Crippen molar-refractivity contribution in [1.29, 1.82) is 5.26 Å². The van der Waals surface area contributed by atoms with E-state index < -0.39 is 67.1 Å². The van der Waals surface area contributed by atoms with E-state index in [4.69, 9.17) is 52.2 Å². The van der Waals surface area contributed by atoms with Gasteiger partial charge in [-0.1, -0.05) is 66.3 Å². The zero-order valence-corrected chi connectivity index (χ0v) is 29.2. The third-order valence-electron chi connectivity index (χ3n) is 7.40. The highest BCUT2D eigenvalue weighted by Crippen LogP contribution is 2.43. The van der Waals surface area contributed by atoms with Crippen molar-refractivity contribution in [3.05, 3.63) is 75.4 Å². The highest BCUT2D eigenvalue weighted by atomic mass is 35.5. The number of ether oxygens (including phenoxy) is 6. The fourth-order valence-corrected chi connectivity index (χ4v) is 6.11. The Kier molecular flexibility index (Phi) is 12.5. The van der Waals surface area contributed by atoms with Crippen LogP contribution in [0.3, 0.4) is 0 Å². The Balaban J connectivity index is 2.20. The van der Waals surface area contributed by atoms with Gasteiger partial charge in [0.15, 0.2) is 24.5 Å². The fraction of sp³-hybridized carbons (Fsp3) is 0.343. The lowest BCUT2D eigenvalue weighted by Crippen LogP contribution is -2.60. The molecule has 0 bridgehead atoms. The van der Waals surface area contributed by atoms with Gasteiger partial charge >= 0.3 is 29.8 Å². The number of hydrogen-bond acceptors (Lipinski definition) is 13. The molecule has 1 fully saturated rings. The van der Waals surface area contributed by atoms with Gasteiger partial charge in [0.1, 0.15) is 23.4 Å². The second kappa shape index (κ2) is 16.5. The Morgan fingerprint density at radius 3 is 1.94 bits per heavy atom. The molecule has 2 heterocycles. The van der Waals surface area contributed by atoms with E-state index in [9.17, 15) is 29.2 Å². The minimum atomic E-state index is -1.61. The maximum atomic E-state index is 14.1. The van der Waals surface area contributed by atoms with E-state index in [1.165, 1.54) is 4.57 Å². The Bertz CT molecular complexity index is 1890. The second-order valence-electron chi connectivity index (χ2n) is 10.9. The van der Waals surface area contributed by atoms with Gasteiger partial charge in [0.25, 0.3) is 0 Å². The Morgan fingerprint density at radius 2 is 1.40 bits per heavy atom. The molecular weight excluding hydrogens is 692 g/mol. The van der Waals surface area contributed by atoms with Gasteiger partial charge < -0.3 is 28.4 Å². The van der Waals surface area contributed by atoms with Gasteiger partial charge in [-0.25, -0.2) is 4.79 Å². The lowest BCUT2D eigenvalue weighted by Gasteiger charge is -2.45. The summed E-state index contributed by atoms with van der Waals surface area (Å²) < 4.78 is 35.2. The zero-order chi connectivity index (χ0) is 36.7. The van der Waals surface area contributed by atoms with E-state index in [1.54, 1.807) is 61.5 Å². The molecule has 5 unspecified atom stereocenters. The van der Waals surface area contributed by atoms with E-state index in [-0.39, 0.29) is 33.6 Å². The highest BCUT2D eigenvalue weighted by Gasteiger charge is 2.53. The van der Waals surface area contributed by atoms with Crippen LogP contribution < -0.4 is 0 Å². The number of carbonyl (C=O) groups excluding carboxylic acids is 5. The smallest absolute Gasteiger partial charge is 0.340 e. The standard InChI is InChI=1S/C35H33ClN2O11S/c1-6-44-35(43)28-27(22-12-14-24(36)15-13-22)25(16-37)34(50)38(29(28)23-10-8-7-9-11-23)33-32(48-21(5)42)31(47-20(4)41)30(46-19(3)40)26(49-33)17-45-18(2)39/h7-15,26,30-33H,6,17H2,1-5H3. The molecule has 1 aliphatic rings. The summed E-state index contributed by atoms with van der Waals surface area (Å²) in [6.07, 6.45) is -7.55. The third-order valence-corrected chi connectivity index (χ3v) is 8.06. The molecule has 15 heteroatoms. The molecule has 2 aromatic carbocycles. The first-order valence-electron chi connectivity index (χ1n) is 15.3. The summed E-state index contributed by atoms with van der Waals surface area (Å²) in [7, 11) is 0. The first-order valence-corrected chi connectivity index (χ1v) is 16.1. The van der Waals surface area contributed by atoms with Crippen molar-refractivity contribution in [2.45, 2.75) is 65.3 Å². The minimum Gasteiger partial charge on any atom is -0.463 e. The van der Waals surface area contributed by atoms with Crippen LogP contribution in [0.15, 0.2) is 54.6 Å². The number of nitrogens with zero attached hydrogens (tertiary/aromatic N) is 2. The van der Waals surface area contributed by atoms with Gasteiger partial charge in [-0.05, 0) is 30.2 Å². The molecule has 5 atom stereocenters. The number of carbonyl (C=O) groups is 5. The molecule has 0 saturated carbocycles. The predicted octanol–water partition coefficient (Wildman–Crippen LogP) is 5.51. The van der Waals surface area contributed by atoms with Crippen molar-refractivity contribution < 1.29 is 52.4 Å². The maximum Gasteiger partial charge on any atom is 0.340 e. The number of rotatable bonds is 10. The molecule has 13 nitrogen and oxygen atoms in total. The van der Waals surface area contributed by atoms with E-state index >= 15 is 0 Å². The zero-order valence-electron chi connectivity index (χ0n) is 27.7. The molecule has 4 rings (SSSR count). The second-order valence-corrected chi connectivity index (χ2v) is 11.8. The number of benzene rings is 2. The van der Waals surface area contributed by atoms with Crippen LogP contribution >= 0.6 is 23.8 Å². The fourth-order valence-electron chi connectivity index (χ4n) is 5.64. The van der Waals surface area contributed by atoms with Crippen molar-refractivity contribution in [1.82, 2.24) is 4.57 Å². The molecular formula is C35H33ClN2O11S. The third kappa shape index (κ3) is 8.36. The summed E-state index contributed by atoms with van der Waals surface area (Å²) in [6.45, 7) is 5.50. The van der Waals surface area contributed by atoms with Crippen LogP contribution in [-0.2, 0) is 47.6 Å². The van der Waals surface area contributed by atoms with Crippen LogP contribution in [0.1, 0.15) is 56.8 Å². The molecule has 0 spiro atoms. The van der Waals surface area contributed by atoms with Crippen molar-refractivity contribution in [3.63, 3.8) is 0 Å². The molecule has 1 aromatic heterocycles. The van der Waals surface area contributed by atoms with Crippen LogP contribution in [0.4, 0.5) is 0 Å². The molecule has 0 aliphatic carbocycles. The number of hydrogen-bond donors (Lipinski definition) is 0. The minimum absolute atomic E-state index is 0.0380. The molecule has 1 saturated heterocycles. The summed E-state index contributed by atoms with van der Waals surface area (Å²) >= 11 is 12.2. The molecule has 1 aliphatic heterocycles. The van der Waals surface area contributed by atoms with E-state index in [0.29, 0.717) is 16.1 Å². The van der Waals surface area contributed by atoms with E-state index in [0.717, 1.165) is 27.7 Å². The van der Waals surface area contributed by atoms with Crippen LogP contribution in [0.5, 0.6) is 0 Å². The molecule has 262 valence electrons. The van der Waals surface area contributed by atoms with Crippen molar-refractivity contribution in [2.75, 3.05) is 13.2 Å². The number of esters is 5. The van der Waals surface area contributed by atoms with E-state index in [2.05, 4.69) is 6.07 Å². The summed E-state index contributed by atoms with van der Waals surface area (Å²) in [5.41, 5.74) is 0.767. The number of aromatic nitrogens is 1. The van der Waals surface area contributed by atoms with Crippen molar-refractivity contribution in [3.8, 4) is 28.5 Å². The van der Waals surface area contributed by atoms with E-state index in [1.807, 2.05) is 0 Å². The van der Waals surface area contributed by atoms with Crippen LogP contribution in [-0.4, -0.2) is 72.0 Å². The Labute approximate surface area is 297 Å². The average molecular weight is 725 g/mol. The van der Waals surface area contributed by atoms with Crippen LogP contribution in [0, 0.1) is 16.0 Å². The summed E-state index contributed by atoms with van der Waals surface area (Å²) in [5.74, 6) is -4.04. The molecule has 50 heavy (non-hydrogen) atoms. The highest BCUT2D eigenvalue weighted by molar-refractivity contribution is 7.71. The first kappa shape index (κ1) is 37.7. The number of nitriles is 1. The lowest BCUT2D eigenvalue weighted by molar-refractivity contribution is -0.268. The van der Waals surface area contributed by atoms with Crippen molar-refractivity contribution >= 4 is 53.7 Å². The largest absolute Gasteiger partial charge is 0.463 e. The van der Waals surface area contributed by atoms with Crippen LogP contribution in [0.2, 0.25) is 5.02 Å². The maximum absolute atomic E-state index is 14.1. The number of pyridine rings is 1. The molecule has 3 aromatic rings. The number of halogens is 1. The lowest BCUT2D eigenvalue weighted by atomic mass is 9.90. The predicted molar refractivity (Wildman–Crippen MR) is 179 cm³/mol. The van der Waals surface area contributed by atoms with Gasteiger partial charge in [-0.3, -0.25) is 23.7 Å². The molecule has 0 N–H and O–H groups in total. The SMILES string of the molecule is CCOC(=O)c1c(-c2ccc(Cl)cc2)c(C#N)c(=S)n(C2OC(COC(C)=O)C(OC(C)=O)C(OC(C)=O)C2OC(C)=O)c1-c1ccccc1. The van der Waals surface area contributed by atoms with Gasteiger partial charge in [0, 0.05) is 38.3 Å². The summed E-state index contributed by atoms with van der Waals surface area (Å²) in [6, 6.07) is 17.0. The average Bonchev–Trinajstić information content (AvgIpc) is 3.05. The van der Waals surface area contributed by atoms with Gasteiger partial charge in [-0.2, -0.15) is 5.26 Å². The Morgan fingerprint density at radius 1 is 0.820 bits per heavy atom. The summed E-state index contributed by atoms with van der Waals surface area (Å²) in [4.78, 5) is 63.5. The molecule has 0 amide bonds.